The Balaban J connectivity index is 2.20. The maximum Gasteiger partial charge on any atom is 0.419 e. The molecule has 6 heteroatoms. The summed E-state index contributed by atoms with van der Waals surface area (Å²) in [6.07, 6.45) is -5.73. The lowest BCUT2D eigenvalue weighted by atomic mass is 10.00. The Kier molecular flexibility index (Phi) is 4.54. The normalized spacial score (nSPS) is 13.2. The topological polar surface area (TPSA) is 20.2 Å². The van der Waals surface area contributed by atoms with Gasteiger partial charge in [-0.25, -0.2) is 4.39 Å². The van der Waals surface area contributed by atoms with Crippen LogP contribution in [0, 0.1) is 5.82 Å². The summed E-state index contributed by atoms with van der Waals surface area (Å²) < 4.78 is 50.8. The van der Waals surface area contributed by atoms with Crippen LogP contribution in [-0.4, -0.2) is 5.11 Å². The molecular weight excluding hydrogens is 308 g/mol. The third-order valence-electron chi connectivity index (χ3n) is 3.00. The van der Waals surface area contributed by atoms with Crippen molar-refractivity contribution in [3.05, 3.63) is 70.0 Å². The van der Waals surface area contributed by atoms with E-state index in [1.54, 1.807) is 24.3 Å². The van der Waals surface area contributed by atoms with Crippen LogP contribution in [0.1, 0.15) is 22.8 Å². The van der Waals surface area contributed by atoms with E-state index in [1.807, 2.05) is 0 Å². The minimum absolute atomic E-state index is 0.0838. The molecule has 0 bridgehead atoms. The number of hydrogen-bond donors (Lipinski definition) is 1. The van der Waals surface area contributed by atoms with Gasteiger partial charge in [0.25, 0.3) is 0 Å². The van der Waals surface area contributed by atoms with Gasteiger partial charge >= 0.3 is 6.18 Å². The minimum Gasteiger partial charge on any atom is -0.388 e. The SMILES string of the molecule is OC(Cc1cccc(Cl)c1)c1ccc(C(F)(F)F)c(F)c1. The van der Waals surface area contributed by atoms with E-state index < -0.39 is 23.7 Å². The lowest BCUT2D eigenvalue weighted by Crippen LogP contribution is -2.10. The van der Waals surface area contributed by atoms with Crippen molar-refractivity contribution in [1.29, 1.82) is 0 Å². The highest BCUT2D eigenvalue weighted by Crippen LogP contribution is 2.32. The Morgan fingerprint density at radius 2 is 1.81 bits per heavy atom. The average molecular weight is 319 g/mol. The van der Waals surface area contributed by atoms with Gasteiger partial charge in [-0.1, -0.05) is 29.8 Å². The molecule has 0 aliphatic heterocycles. The number of aliphatic hydroxyl groups excluding tert-OH is 1. The molecule has 0 heterocycles. The second-order valence-electron chi connectivity index (χ2n) is 4.59. The number of hydrogen-bond acceptors (Lipinski definition) is 1. The highest BCUT2D eigenvalue weighted by Gasteiger charge is 2.34. The largest absolute Gasteiger partial charge is 0.419 e. The van der Waals surface area contributed by atoms with Gasteiger partial charge in [0.1, 0.15) is 5.82 Å². The summed E-state index contributed by atoms with van der Waals surface area (Å²) in [6.45, 7) is 0. The van der Waals surface area contributed by atoms with E-state index in [4.69, 9.17) is 11.6 Å². The number of rotatable bonds is 3. The Morgan fingerprint density at radius 1 is 1.10 bits per heavy atom. The number of benzene rings is 2. The van der Waals surface area contributed by atoms with Crippen molar-refractivity contribution < 1.29 is 22.7 Å². The Morgan fingerprint density at radius 3 is 2.38 bits per heavy atom. The molecular formula is C15H11ClF4O. The van der Waals surface area contributed by atoms with Crippen LogP contribution in [0.3, 0.4) is 0 Å². The lowest BCUT2D eigenvalue weighted by molar-refractivity contribution is -0.140. The molecule has 2 aromatic carbocycles. The Bertz CT molecular complexity index is 640. The molecule has 0 fully saturated rings. The first-order valence-electron chi connectivity index (χ1n) is 6.06. The summed E-state index contributed by atoms with van der Waals surface area (Å²) in [5.41, 5.74) is -0.558. The smallest absolute Gasteiger partial charge is 0.388 e. The van der Waals surface area contributed by atoms with Crippen LogP contribution in [0.5, 0.6) is 0 Å². The fourth-order valence-electron chi connectivity index (χ4n) is 1.97. The molecule has 2 rings (SSSR count). The molecule has 0 saturated carbocycles. The number of alkyl halides is 3. The van der Waals surface area contributed by atoms with E-state index in [1.165, 1.54) is 0 Å². The molecule has 1 nitrogen and oxygen atoms in total. The zero-order valence-corrected chi connectivity index (χ0v) is 11.4. The van der Waals surface area contributed by atoms with Crippen molar-refractivity contribution in [2.45, 2.75) is 18.7 Å². The van der Waals surface area contributed by atoms with Gasteiger partial charge < -0.3 is 5.11 Å². The van der Waals surface area contributed by atoms with Crippen molar-refractivity contribution in [3.8, 4) is 0 Å². The standard InChI is InChI=1S/C15H11ClF4O/c16-11-3-1-2-9(6-11)7-14(21)10-4-5-12(13(17)8-10)15(18,19)20/h1-6,8,14,21H,7H2. The van der Waals surface area contributed by atoms with E-state index in [2.05, 4.69) is 0 Å². The second kappa shape index (κ2) is 6.03. The fraction of sp³-hybridized carbons (Fsp3) is 0.200. The molecule has 0 aromatic heterocycles. The van der Waals surface area contributed by atoms with E-state index in [-0.39, 0.29) is 12.0 Å². The van der Waals surface area contributed by atoms with Crippen LogP contribution in [0.2, 0.25) is 5.02 Å². The van der Waals surface area contributed by atoms with Crippen LogP contribution >= 0.6 is 11.6 Å². The first kappa shape index (κ1) is 15.8. The molecule has 0 radical (unpaired) electrons. The van der Waals surface area contributed by atoms with Gasteiger partial charge in [0.2, 0.25) is 0 Å². The van der Waals surface area contributed by atoms with Gasteiger partial charge in [0.05, 0.1) is 11.7 Å². The molecule has 112 valence electrons. The zero-order chi connectivity index (χ0) is 15.6. The highest BCUT2D eigenvalue weighted by atomic mass is 35.5. The van der Waals surface area contributed by atoms with Crippen molar-refractivity contribution in [2.75, 3.05) is 0 Å². The summed E-state index contributed by atoms with van der Waals surface area (Å²) in [6, 6.07) is 9.11. The molecule has 0 amide bonds. The molecule has 1 atom stereocenters. The van der Waals surface area contributed by atoms with Gasteiger partial charge in [-0.05, 0) is 35.4 Å². The van der Waals surface area contributed by atoms with Crippen LogP contribution in [0.15, 0.2) is 42.5 Å². The predicted molar refractivity (Wildman–Crippen MR) is 71.5 cm³/mol. The molecule has 0 saturated heterocycles. The van der Waals surface area contributed by atoms with Crippen molar-refractivity contribution >= 4 is 11.6 Å². The van der Waals surface area contributed by atoms with Gasteiger partial charge in [0, 0.05) is 11.4 Å². The summed E-state index contributed by atoms with van der Waals surface area (Å²) in [4.78, 5) is 0. The summed E-state index contributed by atoms with van der Waals surface area (Å²) >= 11 is 5.80. The van der Waals surface area contributed by atoms with Gasteiger partial charge in [-0.15, -0.1) is 0 Å². The Labute approximate surface area is 123 Å². The lowest BCUT2D eigenvalue weighted by Gasteiger charge is -2.14. The van der Waals surface area contributed by atoms with E-state index in [0.717, 1.165) is 6.07 Å². The molecule has 1 unspecified atom stereocenters. The molecule has 2 aromatic rings. The molecule has 0 aliphatic carbocycles. The molecule has 0 aliphatic rings. The van der Waals surface area contributed by atoms with Crippen LogP contribution in [0.4, 0.5) is 17.6 Å². The van der Waals surface area contributed by atoms with E-state index in [0.29, 0.717) is 22.7 Å². The predicted octanol–water partition coefficient (Wildman–Crippen LogP) is 4.77. The molecule has 1 N–H and O–H groups in total. The van der Waals surface area contributed by atoms with Crippen molar-refractivity contribution in [2.24, 2.45) is 0 Å². The first-order chi connectivity index (χ1) is 9.77. The van der Waals surface area contributed by atoms with Crippen LogP contribution in [-0.2, 0) is 12.6 Å². The number of aliphatic hydroxyl groups is 1. The third-order valence-corrected chi connectivity index (χ3v) is 3.24. The van der Waals surface area contributed by atoms with Crippen molar-refractivity contribution in [3.63, 3.8) is 0 Å². The van der Waals surface area contributed by atoms with Crippen molar-refractivity contribution in [1.82, 2.24) is 0 Å². The minimum atomic E-state index is -4.75. The van der Waals surface area contributed by atoms with Crippen LogP contribution < -0.4 is 0 Å². The monoisotopic (exact) mass is 318 g/mol. The maximum absolute atomic E-state index is 13.5. The fourth-order valence-corrected chi connectivity index (χ4v) is 2.19. The average Bonchev–Trinajstić information content (AvgIpc) is 2.37. The van der Waals surface area contributed by atoms with E-state index >= 15 is 0 Å². The highest BCUT2D eigenvalue weighted by molar-refractivity contribution is 6.30. The van der Waals surface area contributed by atoms with Gasteiger partial charge in [-0.2, -0.15) is 13.2 Å². The summed E-state index contributed by atoms with van der Waals surface area (Å²) in [7, 11) is 0. The van der Waals surface area contributed by atoms with E-state index in [9.17, 15) is 22.7 Å². The second-order valence-corrected chi connectivity index (χ2v) is 5.02. The maximum atomic E-state index is 13.5. The zero-order valence-electron chi connectivity index (χ0n) is 10.7. The molecule has 0 spiro atoms. The quantitative estimate of drug-likeness (QED) is 0.808. The number of halogens is 5. The van der Waals surface area contributed by atoms with Crippen LogP contribution in [0.25, 0.3) is 0 Å². The third kappa shape index (κ3) is 3.95. The Hall–Kier alpha value is -1.59. The summed E-state index contributed by atoms with van der Waals surface area (Å²) in [5, 5.41) is 10.5. The van der Waals surface area contributed by atoms with Gasteiger partial charge in [0.15, 0.2) is 0 Å². The first-order valence-corrected chi connectivity index (χ1v) is 6.44. The van der Waals surface area contributed by atoms with Gasteiger partial charge in [-0.3, -0.25) is 0 Å². The summed E-state index contributed by atoms with van der Waals surface area (Å²) in [5.74, 6) is -1.40. The molecule has 21 heavy (non-hydrogen) atoms.